The molecule has 0 radical (unpaired) electrons. The van der Waals surface area contributed by atoms with Crippen molar-refractivity contribution in [2.75, 3.05) is 26.3 Å². The number of fused-ring (bicyclic) bond motifs is 1. The van der Waals surface area contributed by atoms with E-state index in [0.29, 0.717) is 31.1 Å². The number of aromatic nitrogens is 4. The van der Waals surface area contributed by atoms with E-state index in [1.807, 2.05) is 24.3 Å². The normalized spacial score (nSPS) is 16.6. The molecule has 1 amide bonds. The minimum absolute atomic E-state index is 0.152. The molecule has 3 heterocycles. The van der Waals surface area contributed by atoms with Crippen LogP contribution in [0.4, 0.5) is 0 Å². The molecular formula is C20H21N5O5. The van der Waals surface area contributed by atoms with Crippen LogP contribution in [0.2, 0.25) is 0 Å². The number of para-hydroxylation sites is 1. The highest BCUT2D eigenvalue weighted by molar-refractivity contribution is 5.82. The van der Waals surface area contributed by atoms with Crippen LogP contribution in [-0.2, 0) is 16.1 Å². The Morgan fingerprint density at radius 1 is 1.30 bits per heavy atom. The highest BCUT2D eigenvalue weighted by atomic mass is 16.5. The highest BCUT2D eigenvalue weighted by Gasteiger charge is 2.25. The quantitative estimate of drug-likeness (QED) is 0.632. The monoisotopic (exact) mass is 411 g/mol. The summed E-state index contributed by atoms with van der Waals surface area (Å²) >= 11 is 0. The second-order valence-electron chi connectivity index (χ2n) is 7.04. The Morgan fingerprint density at radius 3 is 3.00 bits per heavy atom. The third-order valence-electron chi connectivity index (χ3n) is 4.90. The maximum Gasteiger partial charge on any atom is 0.328 e. The number of aryl methyl sites for hydroxylation is 1. The Kier molecular flexibility index (Phi) is 5.57. The summed E-state index contributed by atoms with van der Waals surface area (Å²) in [4.78, 5) is 48.3. The van der Waals surface area contributed by atoms with Gasteiger partial charge in [0.2, 0.25) is 11.8 Å². The van der Waals surface area contributed by atoms with E-state index >= 15 is 0 Å². The van der Waals surface area contributed by atoms with Crippen LogP contribution >= 0.6 is 0 Å². The van der Waals surface area contributed by atoms with E-state index in [-0.39, 0.29) is 25.2 Å². The van der Waals surface area contributed by atoms with Crippen LogP contribution in [0.5, 0.6) is 5.88 Å². The average Bonchev–Trinajstić information content (AvgIpc) is 2.76. The summed E-state index contributed by atoms with van der Waals surface area (Å²) in [5, 5.41) is 0.802. The Morgan fingerprint density at radius 2 is 2.13 bits per heavy atom. The van der Waals surface area contributed by atoms with Crippen molar-refractivity contribution in [1.82, 2.24) is 24.4 Å². The summed E-state index contributed by atoms with van der Waals surface area (Å²) in [7, 11) is 0. The molecule has 1 aromatic carbocycles. The Hall–Kier alpha value is -3.53. The zero-order chi connectivity index (χ0) is 21.1. The number of H-pyrrole nitrogens is 1. The molecule has 3 aromatic rings. The van der Waals surface area contributed by atoms with Gasteiger partial charge in [0.15, 0.2) is 0 Å². The first-order chi connectivity index (χ1) is 14.5. The molecular weight excluding hydrogens is 390 g/mol. The molecule has 1 fully saturated rings. The average molecular weight is 411 g/mol. The van der Waals surface area contributed by atoms with Gasteiger partial charge in [0.05, 0.1) is 24.1 Å². The van der Waals surface area contributed by atoms with Crippen molar-refractivity contribution in [3.05, 3.63) is 63.2 Å². The molecule has 1 N–H and O–H groups in total. The summed E-state index contributed by atoms with van der Waals surface area (Å²) in [5.41, 5.74) is 0.0884. The number of benzene rings is 1. The lowest BCUT2D eigenvalue weighted by Crippen LogP contribution is -2.49. The van der Waals surface area contributed by atoms with Crippen molar-refractivity contribution in [1.29, 1.82) is 0 Å². The van der Waals surface area contributed by atoms with Gasteiger partial charge in [-0.3, -0.25) is 19.1 Å². The van der Waals surface area contributed by atoms with Gasteiger partial charge in [-0.15, -0.1) is 0 Å². The number of nitrogens with one attached hydrogen (secondary N) is 1. The number of morpholine rings is 1. The van der Waals surface area contributed by atoms with E-state index in [1.54, 1.807) is 11.8 Å². The molecule has 10 heteroatoms. The minimum Gasteiger partial charge on any atom is -0.474 e. The van der Waals surface area contributed by atoms with Gasteiger partial charge in [-0.1, -0.05) is 12.1 Å². The first-order valence-corrected chi connectivity index (χ1v) is 9.53. The summed E-state index contributed by atoms with van der Waals surface area (Å²) in [6.07, 6.45) is 2.50. The number of ether oxygens (including phenoxy) is 2. The fourth-order valence-corrected chi connectivity index (χ4v) is 3.30. The first kappa shape index (κ1) is 19.8. The van der Waals surface area contributed by atoms with Gasteiger partial charge >= 0.3 is 5.69 Å². The van der Waals surface area contributed by atoms with Gasteiger partial charge in [-0.25, -0.2) is 14.8 Å². The number of carbonyl (C=O) groups is 1. The molecule has 1 aliphatic heterocycles. The molecule has 2 aromatic heterocycles. The van der Waals surface area contributed by atoms with Crippen LogP contribution in [-0.4, -0.2) is 62.7 Å². The maximum atomic E-state index is 12.7. The van der Waals surface area contributed by atoms with Crippen LogP contribution in [0.1, 0.15) is 5.56 Å². The number of rotatable bonds is 5. The van der Waals surface area contributed by atoms with E-state index in [1.165, 1.54) is 17.1 Å². The smallest absolute Gasteiger partial charge is 0.328 e. The fourth-order valence-electron chi connectivity index (χ4n) is 3.30. The number of amides is 1. The lowest BCUT2D eigenvalue weighted by atomic mass is 10.2. The van der Waals surface area contributed by atoms with E-state index in [0.717, 1.165) is 10.9 Å². The first-order valence-electron chi connectivity index (χ1n) is 9.53. The second kappa shape index (κ2) is 8.46. The number of hydrogen-bond donors (Lipinski definition) is 1. The molecule has 1 aliphatic rings. The predicted octanol–water partition coefficient (Wildman–Crippen LogP) is 0.0946. The van der Waals surface area contributed by atoms with Crippen LogP contribution in [0, 0.1) is 6.92 Å². The minimum atomic E-state index is -0.609. The number of nitrogens with zero attached hydrogens (tertiary/aromatic N) is 4. The van der Waals surface area contributed by atoms with Crippen molar-refractivity contribution in [2.45, 2.75) is 19.6 Å². The van der Waals surface area contributed by atoms with E-state index in [9.17, 15) is 14.4 Å². The fraction of sp³-hybridized carbons (Fsp3) is 0.350. The Bertz CT molecular complexity index is 1180. The van der Waals surface area contributed by atoms with Gasteiger partial charge in [-0.2, -0.15) is 0 Å². The third-order valence-corrected chi connectivity index (χ3v) is 4.90. The van der Waals surface area contributed by atoms with Gasteiger partial charge in [-0.05, 0) is 19.1 Å². The van der Waals surface area contributed by atoms with Crippen LogP contribution in [0.25, 0.3) is 10.9 Å². The summed E-state index contributed by atoms with van der Waals surface area (Å²) in [6.45, 7) is 2.77. The standard InChI is InChI=1S/C20H21N5O5/c1-13-8-25(20(28)23-18(13)27)10-17(26)24-6-7-29-14(9-24)11-30-19-15-4-2-3-5-16(15)21-12-22-19/h2-5,8,12,14H,6-7,9-11H2,1H3,(H,23,27,28). The molecule has 1 saturated heterocycles. The molecule has 156 valence electrons. The summed E-state index contributed by atoms with van der Waals surface area (Å²) < 4.78 is 12.8. The molecule has 4 rings (SSSR count). The molecule has 0 aliphatic carbocycles. The highest BCUT2D eigenvalue weighted by Crippen LogP contribution is 2.21. The molecule has 1 atom stereocenters. The van der Waals surface area contributed by atoms with Gasteiger partial charge in [0, 0.05) is 18.3 Å². The molecule has 30 heavy (non-hydrogen) atoms. The SMILES string of the molecule is Cc1cn(CC(=O)N2CCOC(COc3ncnc4ccccc34)C2)c(=O)[nH]c1=O. The van der Waals surface area contributed by atoms with E-state index < -0.39 is 11.2 Å². The zero-order valence-corrected chi connectivity index (χ0v) is 16.4. The summed E-state index contributed by atoms with van der Waals surface area (Å²) in [6, 6.07) is 7.53. The van der Waals surface area contributed by atoms with Gasteiger partial charge < -0.3 is 14.4 Å². The molecule has 1 unspecified atom stereocenters. The summed E-state index contributed by atoms with van der Waals surface area (Å²) in [5.74, 6) is 0.229. The third kappa shape index (κ3) is 4.23. The molecule has 0 bridgehead atoms. The zero-order valence-electron chi connectivity index (χ0n) is 16.4. The lowest BCUT2D eigenvalue weighted by Gasteiger charge is -2.33. The van der Waals surface area contributed by atoms with Crippen LogP contribution in [0.15, 0.2) is 46.4 Å². The van der Waals surface area contributed by atoms with Gasteiger partial charge in [0.25, 0.3) is 5.56 Å². The number of hydrogen-bond acceptors (Lipinski definition) is 7. The van der Waals surface area contributed by atoms with Crippen LogP contribution in [0.3, 0.4) is 0 Å². The maximum absolute atomic E-state index is 12.7. The molecule has 0 spiro atoms. The van der Waals surface area contributed by atoms with Crippen molar-refractivity contribution >= 4 is 16.8 Å². The Balaban J connectivity index is 1.39. The van der Waals surface area contributed by atoms with Crippen LogP contribution < -0.4 is 16.0 Å². The van der Waals surface area contributed by atoms with Crippen molar-refractivity contribution in [2.24, 2.45) is 0 Å². The second-order valence-corrected chi connectivity index (χ2v) is 7.04. The van der Waals surface area contributed by atoms with E-state index in [4.69, 9.17) is 9.47 Å². The van der Waals surface area contributed by atoms with Crippen molar-refractivity contribution < 1.29 is 14.3 Å². The lowest BCUT2D eigenvalue weighted by molar-refractivity contribution is -0.140. The predicted molar refractivity (Wildman–Crippen MR) is 107 cm³/mol. The largest absolute Gasteiger partial charge is 0.474 e. The van der Waals surface area contributed by atoms with Crippen molar-refractivity contribution in [3.63, 3.8) is 0 Å². The van der Waals surface area contributed by atoms with E-state index in [2.05, 4.69) is 15.0 Å². The Labute approximate surface area is 171 Å². The van der Waals surface area contributed by atoms with Gasteiger partial charge in [0.1, 0.15) is 25.6 Å². The molecule has 10 nitrogen and oxygen atoms in total. The van der Waals surface area contributed by atoms with Crippen molar-refractivity contribution in [3.8, 4) is 5.88 Å². The topological polar surface area (TPSA) is 119 Å². The number of aromatic amines is 1. The number of carbonyl (C=O) groups excluding carboxylic acids is 1. The molecule has 0 saturated carbocycles.